The molecule has 11 heteroatoms. The zero-order chi connectivity index (χ0) is 23.1. The number of piperidine rings is 1. The van der Waals surface area contributed by atoms with Crippen LogP contribution < -0.4 is 10.1 Å². The Morgan fingerprint density at radius 2 is 2.03 bits per heavy atom. The third-order valence-corrected chi connectivity index (χ3v) is 8.09. The lowest BCUT2D eigenvalue weighted by atomic mass is 10.1. The fourth-order valence-electron chi connectivity index (χ4n) is 4.07. The van der Waals surface area contributed by atoms with Crippen molar-refractivity contribution in [1.29, 1.82) is 0 Å². The highest BCUT2D eigenvalue weighted by atomic mass is 32.2. The number of carbonyl (C=O) groups excluding carboxylic acids is 1. The minimum Gasteiger partial charge on any atom is -0.473 e. The highest BCUT2D eigenvalue weighted by Gasteiger charge is 2.30. The largest absolute Gasteiger partial charge is 0.473 e. The number of rotatable bonds is 7. The molecule has 1 N–H and O–H groups in total. The summed E-state index contributed by atoms with van der Waals surface area (Å²) >= 11 is 2.98. The van der Waals surface area contributed by atoms with Crippen molar-refractivity contribution in [1.82, 2.24) is 29.7 Å². The third-order valence-electron chi connectivity index (χ3n) is 6.23. The number of aromatic nitrogens is 5. The molecular formula is C23H25N7O2S2. The van der Waals surface area contributed by atoms with E-state index in [1.807, 2.05) is 24.3 Å². The number of fused-ring (bicyclic) bond motifs is 2. The number of anilines is 1. The molecule has 0 atom stereocenters. The van der Waals surface area contributed by atoms with E-state index in [1.54, 1.807) is 4.52 Å². The van der Waals surface area contributed by atoms with Gasteiger partial charge in [-0.1, -0.05) is 18.3 Å². The molecule has 4 heterocycles. The van der Waals surface area contributed by atoms with Gasteiger partial charge >= 0.3 is 0 Å². The van der Waals surface area contributed by atoms with E-state index >= 15 is 0 Å². The smallest absolute Gasteiger partial charge is 0.232 e. The first-order valence-corrected chi connectivity index (χ1v) is 13.3. The molecule has 1 amide bonds. The topological polar surface area (TPSA) is 97.5 Å². The summed E-state index contributed by atoms with van der Waals surface area (Å²) in [4.78, 5) is 20.0. The van der Waals surface area contributed by atoms with Gasteiger partial charge in [-0.05, 0) is 68.3 Å². The fourth-order valence-corrected chi connectivity index (χ4v) is 5.88. The summed E-state index contributed by atoms with van der Waals surface area (Å²) in [5.74, 6) is 0.825. The first kappa shape index (κ1) is 21.8. The van der Waals surface area contributed by atoms with Crippen LogP contribution in [0.4, 0.5) is 5.13 Å². The normalized spacial score (nSPS) is 17.4. The molecule has 1 aromatic carbocycles. The van der Waals surface area contributed by atoms with E-state index in [0.29, 0.717) is 21.8 Å². The molecule has 176 valence electrons. The third kappa shape index (κ3) is 4.59. The summed E-state index contributed by atoms with van der Waals surface area (Å²) in [6.45, 7) is 5.40. The molecule has 0 spiro atoms. The Morgan fingerprint density at radius 1 is 1.18 bits per heavy atom. The molecule has 1 saturated carbocycles. The van der Waals surface area contributed by atoms with Crippen molar-refractivity contribution in [3.63, 3.8) is 0 Å². The maximum atomic E-state index is 12.1. The molecule has 2 aliphatic rings. The highest BCUT2D eigenvalue weighted by Crippen LogP contribution is 2.35. The molecule has 1 aliphatic heterocycles. The van der Waals surface area contributed by atoms with Gasteiger partial charge < -0.3 is 15.0 Å². The predicted molar refractivity (Wildman–Crippen MR) is 132 cm³/mol. The standard InChI is InChI=1S/C23H25N7O2S2/c1-2-29-11-9-15(10-12-29)32-20-8-7-19-26-27-23(30(19)28-20)33-16-5-6-17-18(13-16)34-22(24-17)25-21(31)14-3-4-14/h5-8,13-15H,2-4,9-12H2,1H3,(H,24,25,31). The van der Waals surface area contributed by atoms with Gasteiger partial charge in [-0.3, -0.25) is 4.79 Å². The van der Waals surface area contributed by atoms with Gasteiger partial charge in [0, 0.05) is 30.0 Å². The summed E-state index contributed by atoms with van der Waals surface area (Å²) in [6, 6.07) is 9.79. The fraction of sp³-hybridized carbons (Fsp3) is 0.435. The number of ether oxygens (including phenoxy) is 1. The lowest BCUT2D eigenvalue weighted by Crippen LogP contribution is -2.38. The Morgan fingerprint density at radius 3 is 2.82 bits per heavy atom. The average molecular weight is 496 g/mol. The number of amides is 1. The van der Waals surface area contributed by atoms with Crippen LogP contribution in [0.25, 0.3) is 15.9 Å². The van der Waals surface area contributed by atoms with Gasteiger partial charge in [-0.15, -0.1) is 15.3 Å². The van der Waals surface area contributed by atoms with Crippen LogP contribution in [-0.2, 0) is 4.79 Å². The van der Waals surface area contributed by atoms with Gasteiger partial charge in [0.1, 0.15) is 6.10 Å². The van der Waals surface area contributed by atoms with Gasteiger partial charge in [0.05, 0.1) is 10.2 Å². The number of carbonyl (C=O) groups is 1. The van der Waals surface area contributed by atoms with Crippen molar-refractivity contribution in [2.75, 3.05) is 25.0 Å². The van der Waals surface area contributed by atoms with Crippen molar-refractivity contribution in [2.24, 2.45) is 5.92 Å². The molecule has 0 unspecified atom stereocenters. The molecule has 2 fully saturated rings. The lowest BCUT2D eigenvalue weighted by molar-refractivity contribution is -0.117. The number of likely N-dealkylation sites (tertiary alicyclic amines) is 1. The summed E-state index contributed by atoms with van der Waals surface area (Å²) in [7, 11) is 0. The van der Waals surface area contributed by atoms with Crippen molar-refractivity contribution in [3.8, 4) is 5.88 Å². The average Bonchev–Trinajstić information content (AvgIpc) is 3.53. The number of hydrogen-bond acceptors (Lipinski definition) is 9. The van der Waals surface area contributed by atoms with E-state index in [2.05, 4.69) is 43.5 Å². The molecule has 1 aliphatic carbocycles. The Bertz CT molecular complexity index is 1340. The summed E-state index contributed by atoms with van der Waals surface area (Å²) in [6.07, 6.45) is 4.15. The van der Waals surface area contributed by atoms with Crippen LogP contribution in [-0.4, -0.2) is 61.3 Å². The Balaban J connectivity index is 1.18. The van der Waals surface area contributed by atoms with Gasteiger partial charge in [0.15, 0.2) is 10.8 Å². The first-order valence-electron chi connectivity index (χ1n) is 11.7. The van der Waals surface area contributed by atoms with Crippen molar-refractivity contribution in [3.05, 3.63) is 30.3 Å². The SMILES string of the molecule is CCN1CCC(Oc2ccc3nnc(Sc4ccc5nc(NC(=O)C6CC6)sc5c4)n3n2)CC1. The maximum absolute atomic E-state index is 12.1. The summed E-state index contributed by atoms with van der Waals surface area (Å²) in [5, 5.41) is 17.5. The Hall–Kier alpha value is -2.76. The molecule has 0 bridgehead atoms. The van der Waals surface area contributed by atoms with Crippen LogP contribution in [0, 0.1) is 5.92 Å². The van der Waals surface area contributed by atoms with Gasteiger partial charge in [0.2, 0.25) is 16.9 Å². The Kier molecular flexibility index (Phi) is 5.84. The molecule has 1 saturated heterocycles. The van der Waals surface area contributed by atoms with Crippen LogP contribution in [0.1, 0.15) is 32.6 Å². The number of thiazole rings is 1. The van der Waals surface area contributed by atoms with Crippen LogP contribution in [0.2, 0.25) is 0 Å². The molecule has 3 aromatic heterocycles. The minimum atomic E-state index is 0.0728. The second kappa shape index (κ2) is 9.12. The zero-order valence-electron chi connectivity index (χ0n) is 18.8. The van der Waals surface area contributed by atoms with Gasteiger partial charge in [0.25, 0.3) is 0 Å². The molecule has 0 radical (unpaired) electrons. The van der Waals surface area contributed by atoms with Gasteiger partial charge in [-0.25, -0.2) is 4.98 Å². The minimum absolute atomic E-state index is 0.0728. The van der Waals surface area contributed by atoms with E-state index in [1.165, 1.54) is 23.1 Å². The van der Waals surface area contributed by atoms with Crippen LogP contribution in [0.3, 0.4) is 0 Å². The van der Waals surface area contributed by atoms with E-state index in [0.717, 1.165) is 60.4 Å². The monoisotopic (exact) mass is 495 g/mol. The van der Waals surface area contributed by atoms with Crippen molar-refractivity contribution < 1.29 is 9.53 Å². The summed E-state index contributed by atoms with van der Waals surface area (Å²) in [5.41, 5.74) is 1.55. The molecule has 9 nitrogen and oxygen atoms in total. The van der Waals surface area contributed by atoms with E-state index in [9.17, 15) is 4.79 Å². The molecule has 34 heavy (non-hydrogen) atoms. The van der Waals surface area contributed by atoms with E-state index in [-0.39, 0.29) is 17.9 Å². The quantitative estimate of drug-likeness (QED) is 0.409. The summed E-state index contributed by atoms with van der Waals surface area (Å²) < 4.78 is 8.93. The van der Waals surface area contributed by atoms with Crippen LogP contribution in [0.15, 0.2) is 40.4 Å². The lowest BCUT2D eigenvalue weighted by Gasteiger charge is -2.30. The number of hydrogen-bond donors (Lipinski definition) is 1. The van der Waals surface area contributed by atoms with Crippen molar-refractivity contribution >= 4 is 50.0 Å². The second-order valence-corrected chi connectivity index (χ2v) is 10.8. The Labute approximate surface area is 204 Å². The molecular weight excluding hydrogens is 470 g/mol. The first-order chi connectivity index (χ1) is 16.6. The zero-order valence-corrected chi connectivity index (χ0v) is 20.4. The molecule has 4 aromatic rings. The highest BCUT2D eigenvalue weighted by molar-refractivity contribution is 7.99. The van der Waals surface area contributed by atoms with Crippen LogP contribution >= 0.6 is 23.1 Å². The van der Waals surface area contributed by atoms with E-state index in [4.69, 9.17) is 4.74 Å². The molecule has 6 rings (SSSR count). The van der Waals surface area contributed by atoms with E-state index < -0.39 is 0 Å². The number of benzene rings is 1. The number of nitrogens with one attached hydrogen (secondary N) is 1. The second-order valence-electron chi connectivity index (χ2n) is 8.69. The number of nitrogens with zero attached hydrogens (tertiary/aromatic N) is 6. The maximum Gasteiger partial charge on any atom is 0.232 e. The predicted octanol–water partition coefficient (Wildman–Crippen LogP) is 4.10. The van der Waals surface area contributed by atoms with Crippen LogP contribution in [0.5, 0.6) is 5.88 Å². The van der Waals surface area contributed by atoms with Crippen molar-refractivity contribution in [2.45, 2.75) is 48.8 Å². The van der Waals surface area contributed by atoms with Gasteiger partial charge in [-0.2, -0.15) is 4.52 Å².